The fourth-order valence-corrected chi connectivity index (χ4v) is 1.74. The Morgan fingerprint density at radius 1 is 1.23 bits per heavy atom. The smallest absolute Gasteiger partial charge is 0.261 e. The largest absolute Gasteiger partial charge is 0.497 e. The summed E-state index contributed by atoms with van der Waals surface area (Å²) in [5.74, 6) is 0.757. The number of rotatable bonds is 8. The number of carbonyl (C=O) groups excluding carboxylic acids is 1. The minimum absolute atomic E-state index is 0.0210. The molecule has 1 amide bonds. The van der Waals surface area contributed by atoms with Gasteiger partial charge in [0, 0.05) is 26.3 Å². The molecule has 0 spiro atoms. The van der Waals surface area contributed by atoms with E-state index in [1.807, 2.05) is 6.07 Å². The summed E-state index contributed by atoms with van der Waals surface area (Å²) in [5.41, 5.74) is 0.674. The number of hydrogen-bond donors (Lipinski definition) is 1. The van der Waals surface area contributed by atoms with E-state index in [2.05, 4.69) is 5.32 Å². The van der Waals surface area contributed by atoms with Gasteiger partial charge >= 0.3 is 0 Å². The minimum atomic E-state index is -0.416. The topological polar surface area (TPSA) is 80.6 Å². The van der Waals surface area contributed by atoms with E-state index in [0.29, 0.717) is 36.6 Å². The van der Waals surface area contributed by atoms with Crippen molar-refractivity contribution in [1.82, 2.24) is 5.32 Å². The van der Waals surface area contributed by atoms with Crippen LogP contribution in [-0.4, -0.2) is 40.4 Å². The van der Waals surface area contributed by atoms with Gasteiger partial charge in [0.1, 0.15) is 23.1 Å². The van der Waals surface area contributed by atoms with Gasteiger partial charge in [0.05, 0.1) is 14.2 Å². The summed E-state index contributed by atoms with van der Waals surface area (Å²) in [6.45, 7) is 1.01. The maximum atomic E-state index is 11.9. The third-order valence-corrected chi connectivity index (χ3v) is 2.86. The molecule has 6 nitrogen and oxygen atoms in total. The van der Waals surface area contributed by atoms with Gasteiger partial charge in [-0.1, -0.05) is 0 Å². The molecule has 0 aliphatic carbocycles. The summed E-state index contributed by atoms with van der Waals surface area (Å²) in [6.07, 6.45) is 2.19. The average molecular weight is 304 g/mol. The van der Waals surface area contributed by atoms with Crippen LogP contribution in [0.4, 0.5) is 0 Å². The number of nitriles is 1. The first-order valence-electron chi connectivity index (χ1n) is 6.76. The van der Waals surface area contributed by atoms with Crippen molar-refractivity contribution in [2.45, 2.75) is 6.42 Å². The molecular weight excluding hydrogens is 284 g/mol. The average Bonchev–Trinajstić information content (AvgIpc) is 2.55. The number of methoxy groups -OCH3 is 3. The van der Waals surface area contributed by atoms with Gasteiger partial charge in [0.15, 0.2) is 0 Å². The van der Waals surface area contributed by atoms with Gasteiger partial charge in [0.2, 0.25) is 0 Å². The lowest BCUT2D eigenvalue weighted by Gasteiger charge is -2.07. The number of carbonyl (C=O) groups is 1. The molecule has 0 bridgehead atoms. The van der Waals surface area contributed by atoms with E-state index in [1.54, 1.807) is 25.3 Å². The summed E-state index contributed by atoms with van der Waals surface area (Å²) in [7, 11) is 4.67. The van der Waals surface area contributed by atoms with Crippen molar-refractivity contribution in [2.75, 3.05) is 34.5 Å². The van der Waals surface area contributed by atoms with E-state index in [9.17, 15) is 4.79 Å². The van der Waals surface area contributed by atoms with Crippen molar-refractivity contribution in [1.29, 1.82) is 5.26 Å². The maximum absolute atomic E-state index is 11.9. The Morgan fingerprint density at radius 2 is 1.86 bits per heavy atom. The van der Waals surface area contributed by atoms with Crippen molar-refractivity contribution in [3.05, 3.63) is 29.3 Å². The van der Waals surface area contributed by atoms with Crippen molar-refractivity contribution < 1.29 is 19.0 Å². The van der Waals surface area contributed by atoms with Crippen LogP contribution in [0.5, 0.6) is 11.5 Å². The van der Waals surface area contributed by atoms with Crippen LogP contribution in [0.1, 0.15) is 12.0 Å². The molecule has 0 fully saturated rings. The number of ether oxygens (including phenoxy) is 3. The Morgan fingerprint density at radius 3 is 2.36 bits per heavy atom. The third-order valence-electron chi connectivity index (χ3n) is 2.86. The molecule has 0 unspecified atom stereocenters. The Hall–Kier alpha value is -2.52. The number of amides is 1. The molecule has 1 N–H and O–H groups in total. The van der Waals surface area contributed by atoms with E-state index < -0.39 is 5.91 Å². The molecule has 1 aromatic rings. The number of benzene rings is 1. The quantitative estimate of drug-likeness (QED) is 0.450. The second-order valence-corrected chi connectivity index (χ2v) is 4.42. The zero-order chi connectivity index (χ0) is 16.4. The predicted molar refractivity (Wildman–Crippen MR) is 82.6 cm³/mol. The molecular formula is C16H20N2O4. The molecule has 0 radical (unpaired) electrons. The maximum Gasteiger partial charge on any atom is 0.261 e. The van der Waals surface area contributed by atoms with E-state index in [4.69, 9.17) is 19.5 Å². The molecule has 0 heterocycles. The lowest BCUT2D eigenvalue weighted by molar-refractivity contribution is -0.117. The van der Waals surface area contributed by atoms with Gasteiger partial charge in [0.25, 0.3) is 5.91 Å². The van der Waals surface area contributed by atoms with E-state index in [1.165, 1.54) is 20.3 Å². The van der Waals surface area contributed by atoms with Gasteiger partial charge in [-0.15, -0.1) is 0 Å². The number of hydrogen-bond acceptors (Lipinski definition) is 5. The lowest BCUT2D eigenvalue weighted by Crippen LogP contribution is -2.26. The minimum Gasteiger partial charge on any atom is -0.497 e. The molecule has 1 aromatic carbocycles. The fourth-order valence-electron chi connectivity index (χ4n) is 1.74. The highest BCUT2D eigenvalue weighted by Gasteiger charge is 2.09. The first-order valence-corrected chi connectivity index (χ1v) is 6.76. The monoisotopic (exact) mass is 304 g/mol. The summed E-state index contributed by atoms with van der Waals surface area (Å²) in [6, 6.07) is 7.06. The van der Waals surface area contributed by atoms with Crippen molar-refractivity contribution in [3.8, 4) is 17.6 Å². The fraction of sp³-hybridized carbons (Fsp3) is 0.375. The number of nitrogens with zero attached hydrogens (tertiary/aromatic N) is 1. The van der Waals surface area contributed by atoms with Crippen LogP contribution in [-0.2, 0) is 9.53 Å². The molecule has 0 aliphatic rings. The third kappa shape index (κ3) is 5.46. The van der Waals surface area contributed by atoms with Gasteiger partial charge in [-0.3, -0.25) is 4.79 Å². The molecule has 22 heavy (non-hydrogen) atoms. The zero-order valence-corrected chi connectivity index (χ0v) is 13.0. The summed E-state index contributed by atoms with van der Waals surface area (Å²) in [4.78, 5) is 11.9. The highest BCUT2D eigenvalue weighted by atomic mass is 16.5. The molecule has 6 heteroatoms. The van der Waals surface area contributed by atoms with Crippen LogP contribution < -0.4 is 14.8 Å². The van der Waals surface area contributed by atoms with Gasteiger partial charge < -0.3 is 19.5 Å². The Bertz CT molecular complexity index is 554. The SMILES string of the molecule is COCCCNC(=O)/C(C#N)=C/c1cc(OC)cc(OC)c1. The van der Waals surface area contributed by atoms with Crippen LogP contribution in [0.15, 0.2) is 23.8 Å². The lowest BCUT2D eigenvalue weighted by atomic mass is 10.1. The summed E-state index contributed by atoms with van der Waals surface area (Å²) in [5, 5.41) is 11.8. The highest BCUT2D eigenvalue weighted by Crippen LogP contribution is 2.24. The van der Waals surface area contributed by atoms with Crippen molar-refractivity contribution >= 4 is 12.0 Å². The van der Waals surface area contributed by atoms with Crippen LogP contribution in [0.3, 0.4) is 0 Å². The first-order chi connectivity index (χ1) is 10.6. The molecule has 0 saturated carbocycles. The molecule has 118 valence electrons. The van der Waals surface area contributed by atoms with Crippen molar-refractivity contribution in [2.24, 2.45) is 0 Å². The molecule has 0 atom stereocenters. The van der Waals surface area contributed by atoms with Crippen LogP contribution in [0.25, 0.3) is 6.08 Å². The second-order valence-electron chi connectivity index (χ2n) is 4.42. The van der Waals surface area contributed by atoms with Crippen molar-refractivity contribution in [3.63, 3.8) is 0 Å². The van der Waals surface area contributed by atoms with E-state index >= 15 is 0 Å². The highest BCUT2D eigenvalue weighted by molar-refractivity contribution is 6.01. The van der Waals surface area contributed by atoms with E-state index in [0.717, 1.165) is 0 Å². The van der Waals surface area contributed by atoms with Gasteiger partial charge in [-0.05, 0) is 30.2 Å². The number of nitrogens with one attached hydrogen (secondary N) is 1. The Labute approximate surface area is 130 Å². The zero-order valence-electron chi connectivity index (χ0n) is 13.0. The van der Waals surface area contributed by atoms with Crippen LogP contribution >= 0.6 is 0 Å². The van der Waals surface area contributed by atoms with Crippen LogP contribution in [0.2, 0.25) is 0 Å². The molecule has 0 aliphatic heterocycles. The summed E-state index contributed by atoms with van der Waals surface area (Å²) >= 11 is 0. The molecule has 0 aromatic heterocycles. The summed E-state index contributed by atoms with van der Waals surface area (Å²) < 4.78 is 15.2. The second kappa shape index (κ2) is 9.42. The van der Waals surface area contributed by atoms with Gasteiger partial charge in [-0.25, -0.2) is 0 Å². The molecule has 0 saturated heterocycles. The first kappa shape index (κ1) is 17.5. The molecule has 1 rings (SSSR count). The van der Waals surface area contributed by atoms with E-state index in [-0.39, 0.29) is 5.57 Å². The normalized spacial score (nSPS) is 10.7. The standard InChI is InChI=1S/C16H20N2O4/c1-20-6-4-5-18-16(19)13(11-17)7-12-8-14(21-2)10-15(9-12)22-3/h7-10H,4-6H2,1-3H3,(H,18,19)/b13-7+. The van der Waals surface area contributed by atoms with Crippen LogP contribution in [0, 0.1) is 11.3 Å². The Kier molecular flexibility index (Phi) is 7.51. The Balaban J connectivity index is 2.87. The van der Waals surface area contributed by atoms with Gasteiger partial charge in [-0.2, -0.15) is 5.26 Å². The predicted octanol–water partition coefficient (Wildman–Crippen LogP) is 1.76.